The Kier molecular flexibility index (Phi) is 9.43. The van der Waals surface area contributed by atoms with Crippen LogP contribution in [0.2, 0.25) is 0 Å². The van der Waals surface area contributed by atoms with Crippen LogP contribution in [0.5, 0.6) is 5.75 Å². The number of hydrogen-bond donors (Lipinski definition) is 2. The van der Waals surface area contributed by atoms with E-state index in [9.17, 15) is 14.4 Å². The van der Waals surface area contributed by atoms with Crippen LogP contribution < -0.4 is 15.8 Å². The fourth-order valence-corrected chi connectivity index (χ4v) is 4.53. The van der Waals surface area contributed by atoms with Crippen molar-refractivity contribution in [2.45, 2.75) is 71.4 Å². The Balaban J connectivity index is 1.72. The summed E-state index contributed by atoms with van der Waals surface area (Å²) < 4.78 is 5.19. The van der Waals surface area contributed by atoms with E-state index < -0.39 is 18.0 Å². The average molecular weight is 493 g/mol. The summed E-state index contributed by atoms with van der Waals surface area (Å²) >= 11 is 0. The number of carbonyl (C=O) groups excluding carboxylic acids is 3. The minimum absolute atomic E-state index is 0.0257. The predicted octanol–water partition coefficient (Wildman–Crippen LogP) is 4.28. The molecule has 1 amide bonds. The number of nitrogens with two attached hydrogens (primary N) is 1. The molecule has 6 heteroatoms. The lowest BCUT2D eigenvalue weighted by Crippen LogP contribution is -2.48. The first-order chi connectivity index (χ1) is 17.1. The molecule has 0 aliphatic heterocycles. The monoisotopic (exact) mass is 492 g/mol. The summed E-state index contributed by atoms with van der Waals surface area (Å²) in [6, 6.07) is 15.8. The van der Waals surface area contributed by atoms with Gasteiger partial charge in [-0.3, -0.25) is 14.4 Å². The van der Waals surface area contributed by atoms with Gasteiger partial charge in [0.2, 0.25) is 5.91 Å². The standard InChI is InChI=1S/C30H40N2O4/c1-20(2)16-26(28(34)30(3)14-15-30)32-29(35)23(17-21-8-6-5-7-9-21)19-27(33)25(31)18-22-10-12-24(36-4)13-11-22/h5-13,20,23,25-26H,14-19,31H2,1-4H3,(H,32,35)/t23-,25+,26+/m1/s1. The highest BCUT2D eigenvalue weighted by Crippen LogP contribution is 2.47. The normalized spacial score (nSPS) is 16.6. The highest BCUT2D eigenvalue weighted by Gasteiger charge is 2.48. The second-order valence-corrected chi connectivity index (χ2v) is 10.8. The van der Waals surface area contributed by atoms with Gasteiger partial charge in [-0.1, -0.05) is 63.2 Å². The Morgan fingerprint density at radius 2 is 1.58 bits per heavy atom. The fraction of sp³-hybridized carbons (Fsp3) is 0.500. The Morgan fingerprint density at radius 1 is 0.972 bits per heavy atom. The number of carbonyl (C=O) groups is 3. The maximum absolute atomic E-state index is 13.5. The van der Waals surface area contributed by atoms with Gasteiger partial charge >= 0.3 is 0 Å². The summed E-state index contributed by atoms with van der Waals surface area (Å²) in [6.07, 6.45) is 3.13. The number of benzene rings is 2. The zero-order chi connectivity index (χ0) is 26.3. The van der Waals surface area contributed by atoms with Crippen molar-refractivity contribution in [1.29, 1.82) is 0 Å². The number of rotatable bonds is 14. The summed E-state index contributed by atoms with van der Waals surface area (Å²) in [5.41, 5.74) is 7.84. The van der Waals surface area contributed by atoms with Crippen LogP contribution in [-0.4, -0.2) is 36.7 Å². The molecule has 0 spiro atoms. The summed E-state index contributed by atoms with van der Waals surface area (Å²) in [4.78, 5) is 39.8. The first kappa shape index (κ1) is 27.6. The van der Waals surface area contributed by atoms with E-state index in [1.165, 1.54) is 0 Å². The minimum atomic E-state index is -0.720. The third kappa shape index (κ3) is 7.76. The van der Waals surface area contributed by atoms with Crippen LogP contribution in [0.1, 0.15) is 57.6 Å². The van der Waals surface area contributed by atoms with Crippen LogP contribution >= 0.6 is 0 Å². The highest BCUT2D eigenvalue weighted by molar-refractivity contribution is 5.96. The molecule has 0 radical (unpaired) electrons. The number of ketones is 2. The maximum Gasteiger partial charge on any atom is 0.224 e. The molecule has 0 bridgehead atoms. The van der Waals surface area contributed by atoms with Crippen molar-refractivity contribution in [3.8, 4) is 5.75 Å². The predicted molar refractivity (Wildman–Crippen MR) is 142 cm³/mol. The molecule has 3 N–H and O–H groups in total. The lowest BCUT2D eigenvalue weighted by Gasteiger charge is -2.26. The van der Waals surface area contributed by atoms with E-state index in [2.05, 4.69) is 5.32 Å². The van der Waals surface area contributed by atoms with Gasteiger partial charge in [0.25, 0.3) is 0 Å². The quantitative estimate of drug-likeness (QED) is 0.410. The maximum atomic E-state index is 13.5. The Morgan fingerprint density at radius 3 is 2.14 bits per heavy atom. The zero-order valence-electron chi connectivity index (χ0n) is 22.0. The van der Waals surface area contributed by atoms with E-state index in [1.54, 1.807) is 7.11 Å². The number of amides is 1. The van der Waals surface area contributed by atoms with Crippen LogP contribution in [-0.2, 0) is 27.2 Å². The Hall–Kier alpha value is -2.99. The van der Waals surface area contributed by atoms with Crippen LogP contribution in [0.3, 0.4) is 0 Å². The van der Waals surface area contributed by atoms with Gasteiger partial charge in [-0.2, -0.15) is 0 Å². The molecule has 2 aromatic carbocycles. The van der Waals surface area contributed by atoms with Gasteiger partial charge in [-0.15, -0.1) is 0 Å². The number of Topliss-reactive ketones (excluding diaryl/α,β-unsaturated/α-hetero) is 2. The number of ether oxygens (including phenoxy) is 1. The van der Waals surface area contributed by atoms with Crippen molar-refractivity contribution in [1.82, 2.24) is 5.32 Å². The lowest BCUT2D eigenvalue weighted by molar-refractivity contribution is -0.134. The van der Waals surface area contributed by atoms with E-state index in [1.807, 2.05) is 75.4 Å². The van der Waals surface area contributed by atoms with Gasteiger partial charge in [-0.25, -0.2) is 0 Å². The molecular formula is C30H40N2O4. The van der Waals surface area contributed by atoms with Crippen molar-refractivity contribution in [3.05, 3.63) is 65.7 Å². The molecule has 1 fully saturated rings. The summed E-state index contributed by atoms with van der Waals surface area (Å²) in [7, 11) is 1.60. The number of nitrogens with one attached hydrogen (secondary N) is 1. The van der Waals surface area contributed by atoms with Gasteiger partial charge in [0.1, 0.15) is 5.75 Å². The smallest absolute Gasteiger partial charge is 0.224 e. The molecule has 36 heavy (non-hydrogen) atoms. The second-order valence-electron chi connectivity index (χ2n) is 10.8. The van der Waals surface area contributed by atoms with Gasteiger partial charge in [-0.05, 0) is 61.3 Å². The Bertz CT molecular complexity index is 1030. The molecular weight excluding hydrogens is 452 g/mol. The highest BCUT2D eigenvalue weighted by atomic mass is 16.5. The summed E-state index contributed by atoms with van der Waals surface area (Å²) in [5.74, 6) is 0.0780. The van der Waals surface area contributed by atoms with Crippen molar-refractivity contribution in [3.63, 3.8) is 0 Å². The molecule has 1 saturated carbocycles. The largest absolute Gasteiger partial charge is 0.497 e. The fourth-order valence-electron chi connectivity index (χ4n) is 4.53. The molecule has 3 rings (SSSR count). The van der Waals surface area contributed by atoms with Gasteiger partial charge in [0.05, 0.1) is 19.2 Å². The third-order valence-corrected chi connectivity index (χ3v) is 7.11. The first-order valence-corrected chi connectivity index (χ1v) is 12.9. The second kappa shape index (κ2) is 12.3. The molecule has 1 aliphatic rings. The van der Waals surface area contributed by atoms with Crippen molar-refractivity contribution >= 4 is 17.5 Å². The van der Waals surface area contributed by atoms with Crippen molar-refractivity contribution < 1.29 is 19.1 Å². The first-order valence-electron chi connectivity index (χ1n) is 12.9. The average Bonchev–Trinajstić information content (AvgIpc) is 3.61. The van der Waals surface area contributed by atoms with Crippen molar-refractivity contribution in [2.24, 2.45) is 23.0 Å². The molecule has 0 unspecified atom stereocenters. The number of hydrogen-bond acceptors (Lipinski definition) is 5. The lowest BCUT2D eigenvalue weighted by atomic mass is 9.88. The summed E-state index contributed by atoms with van der Waals surface area (Å²) in [5, 5.41) is 3.03. The molecule has 6 nitrogen and oxygen atoms in total. The van der Waals surface area contributed by atoms with Gasteiger partial charge < -0.3 is 15.8 Å². The molecule has 0 saturated heterocycles. The van der Waals surface area contributed by atoms with E-state index >= 15 is 0 Å². The SMILES string of the molecule is COc1ccc(C[C@H](N)C(=O)C[C@@H](Cc2ccccc2)C(=O)N[C@@H](CC(C)C)C(=O)C2(C)CC2)cc1. The summed E-state index contributed by atoms with van der Waals surface area (Å²) in [6.45, 7) is 6.06. The van der Waals surface area contributed by atoms with E-state index in [-0.39, 0.29) is 35.2 Å². The molecule has 194 valence electrons. The van der Waals surface area contributed by atoms with Crippen LogP contribution in [0.25, 0.3) is 0 Å². The van der Waals surface area contributed by atoms with Gasteiger partial charge in [0.15, 0.2) is 11.6 Å². The van der Waals surface area contributed by atoms with E-state index in [0.717, 1.165) is 29.7 Å². The minimum Gasteiger partial charge on any atom is -0.497 e. The van der Waals surface area contributed by atoms with E-state index in [0.29, 0.717) is 19.3 Å². The van der Waals surface area contributed by atoms with Crippen LogP contribution in [0.15, 0.2) is 54.6 Å². The van der Waals surface area contributed by atoms with E-state index in [4.69, 9.17) is 10.5 Å². The van der Waals surface area contributed by atoms with Gasteiger partial charge in [0, 0.05) is 17.8 Å². The topological polar surface area (TPSA) is 98.5 Å². The molecule has 0 heterocycles. The molecule has 3 atom stereocenters. The number of methoxy groups -OCH3 is 1. The molecule has 2 aromatic rings. The van der Waals surface area contributed by atoms with Crippen molar-refractivity contribution in [2.75, 3.05) is 7.11 Å². The Labute approximate surface area is 215 Å². The zero-order valence-corrected chi connectivity index (χ0v) is 22.0. The third-order valence-electron chi connectivity index (χ3n) is 7.11. The molecule has 1 aliphatic carbocycles. The van der Waals surface area contributed by atoms with Crippen LogP contribution in [0.4, 0.5) is 0 Å². The van der Waals surface area contributed by atoms with Crippen LogP contribution in [0, 0.1) is 17.3 Å². The molecule has 0 aromatic heterocycles.